The lowest BCUT2D eigenvalue weighted by molar-refractivity contribution is 0.0646. The van der Waals surface area contributed by atoms with Crippen molar-refractivity contribution in [3.05, 3.63) is 83.4 Å². The summed E-state index contributed by atoms with van der Waals surface area (Å²) < 4.78 is 21.4. The average molecular weight is 444 g/mol. The van der Waals surface area contributed by atoms with Crippen LogP contribution in [0.25, 0.3) is 17.1 Å². The molecule has 0 unspecified atom stereocenters. The van der Waals surface area contributed by atoms with Crippen molar-refractivity contribution in [2.24, 2.45) is 0 Å². The minimum Gasteiger partial charge on any atom is -0.411 e. The van der Waals surface area contributed by atoms with E-state index in [4.69, 9.17) is 9.52 Å². The van der Waals surface area contributed by atoms with Gasteiger partial charge in [-0.1, -0.05) is 6.07 Å². The summed E-state index contributed by atoms with van der Waals surface area (Å²) in [6, 6.07) is 9.95. The smallest absolute Gasteiger partial charge is 0.312 e. The number of hydrogen-bond donors (Lipinski definition) is 1. The molecule has 1 N–H and O–H groups in total. The summed E-state index contributed by atoms with van der Waals surface area (Å²) in [7, 11) is 0. The van der Waals surface area contributed by atoms with Crippen molar-refractivity contribution in [3.8, 4) is 11.6 Å². The van der Waals surface area contributed by atoms with Gasteiger partial charge in [-0.3, -0.25) is 4.79 Å². The molecule has 33 heavy (non-hydrogen) atoms. The molecular weight excluding hydrogens is 427 g/mol. The number of rotatable bonds is 3. The third-order valence-electron chi connectivity index (χ3n) is 5.73. The number of carbonyl (C=O) groups excluding carboxylic acids is 1. The van der Waals surface area contributed by atoms with Crippen LogP contribution in [0.2, 0.25) is 0 Å². The van der Waals surface area contributed by atoms with E-state index in [1.807, 2.05) is 35.7 Å². The number of halogens is 1. The van der Waals surface area contributed by atoms with Crippen molar-refractivity contribution in [1.82, 2.24) is 39.7 Å². The lowest BCUT2D eigenvalue weighted by atomic mass is 9.99. The van der Waals surface area contributed by atoms with Crippen LogP contribution in [0.15, 0.2) is 53.3 Å². The molecule has 164 valence electrons. The number of aryl methyl sites for hydroxylation is 1. The fourth-order valence-electron chi connectivity index (χ4n) is 4.17. The Hall–Kier alpha value is -4.41. The van der Waals surface area contributed by atoms with Crippen molar-refractivity contribution >= 4 is 11.4 Å². The van der Waals surface area contributed by atoms with Crippen molar-refractivity contribution < 1.29 is 13.6 Å². The van der Waals surface area contributed by atoms with E-state index in [1.54, 1.807) is 11.2 Å². The molecule has 0 saturated heterocycles. The van der Waals surface area contributed by atoms with Gasteiger partial charge in [0, 0.05) is 30.6 Å². The second-order valence-corrected chi connectivity index (χ2v) is 7.74. The van der Waals surface area contributed by atoms with Crippen molar-refractivity contribution in [3.63, 3.8) is 0 Å². The van der Waals surface area contributed by atoms with Crippen LogP contribution in [0.3, 0.4) is 0 Å². The van der Waals surface area contributed by atoms with Crippen LogP contribution < -0.4 is 0 Å². The number of fused-ring (bicyclic) bond motifs is 2. The number of aromatic nitrogens is 7. The van der Waals surface area contributed by atoms with E-state index < -0.39 is 17.8 Å². The minimum absolute atomic E-state index is 0.107. The monoisotopic (exact) mass is 444 g/mol. The Bertz CT molecular complexity index is 1500. The number of imidazole rings is 1. The molecule has 0 aliphatic carbocycles. The first-order valence-corrected chi connectivity index (χ1v) is 10.3. The van der Waals surface area contributed by atoms with E-state index >= 15 is 0 Å². The Morgan fingerprint density at radius 3 is 2.97 bits per heavy atom. The summed E-state index contributed by atoms with van der Waals surface area (Å²) >= 11 is 0. The van der Waals surface area contributed by atoms with Crippen LogP contribution in [0.1, 0.15) is 39.5 Å². The highest BCUT2D eigenvalue weighted by atomic mass is 19.1. The second kappa shape index (κ2) is 7.33. The fourth-order valence-corrected chi connectivity index (χ4v) is 4.17. The van der Waals surface area contributed by atoms with Crippen LogP contribution in [0, 0.1) is 12.7 Å². The van der Waals surface area contributed by atoms with E-state index in [0.717, 1.165) is 16.9 Å². The summed E-state index contributed by atoms with van der Waals surface area (Å²) in [4.78, 5) is 26.6. The zero-order valence-electron chi connectivity index (χ0n) is 17.4. The molecule has 1 aliphatic rings. The maximum atomic E-state index is 14.1. The molecule has 1 atom stereocenters. The van der Waals surface area contributed by atoms with Gasteiger partial charge in [-0.05, 0) is 37.3 Å². The summed E-state index contributed by atoms with van der Waals surface area (Å²) in [5.41, 5.74) is 4.09. The van der Waals surface area contributed by atoms with Gasteiger partial charge in [0.05, 0.1) is 23.2 Å². The topological polar surface area (TPSA) is 118 Å². The Labute approximate surface area is 186 Å². The zero-order valence-corrected chi connectivity index (χ0v) is 17.4. The predicted octanol–water partition coefficient (Wildman–Crippen LogP) is 2.74. The molecule has 1 amide bonds. The van der Waals surface area contributed by atoms with Crippen LogP contribution in [0.5, 0.6) is 0 Å². The lowest BCUT2D eigenvalue weighted by Gasteiger charge is -2.32. The summed E-state index contributed by atoms with van der Waals surface area (Å²) in [6.45, 7) is 2.35. The molecule has 0 radical (unpaired) electrons. The molecule has 0 fully saturated rings. The first kappa shape index (κ1) is 19.3. The predicted molar refractivity (Wildman–Crippen MR) is 113 cm³/mol. The van der Waals surface area contributed by atoms with Gasteiger partial charge >= 0.3 is 11.8 Å². The van der Waals surface area contributed by atoms with E-state index in [2.05, 4.69) is 25.1 Å². The van der Waals surface area contributed by atoms with Crippen LogP contribution in [-0.4, -0.2) is 52.1 Å². The number of carbonyl (C=O) groups is 1. The molecule has 6 rings (SSSR count). The van der Waals surface area contributed by atoms with Gasteiger partial charge in [-0.25, -0.2) is 18.9 Å². The van der Waals surface area contributed by atoms with Crippen LogP contribution in [-0.2, 0) is 6.42 Å². The summed E-state index contributed by atoms with van der Waals surface area (Å²) in [5.74, 6) is -1.51. The number of pyridine rings is 2. The number of amides is 1. The van der Waals surface area contributed by atoms with Gasteiger partial charge in [0.25, 0.3) is 5.89 Å². The Morgan fingerprint density at radius 1 is 1.21 bits per heavy atom. The third-order valence-corrected chi connectivity index (χ3v) is 5.73. The van der Waals surface area contributed by atoms with E-state index in [-0.39, 0.29) is 17.5 Å². The maximum Gasteiger partial charge on any atom is 0.312 e. The number of H-pyrrole nitrogens is 1. The molecule has 0 spiro atoms. The maximum absolute atomic E-state index is 14.1. The van der Waals surface area contributed by atoms with Crippen molar-refractivity contribution in [2.45, 2.75) is 19.4 Å². The number of hydrogen-bond acceptors (Lipinski definition) is 7. The molecule has 5 aromatic heterocycles. The first-order chi connectivity index (χ1) is 16.1. The highest BCUT2D eigenvalue weighted by Gasteiger charge is 2.38. The largest absolute Gasteiger partial charge is 0.411 e. The zero-order chi connectivity index (χ0) is 22.5. The standard InChI is InChI=1S/C22H17FN8O2/c1-12-4-2-5-13-10-16(29-31(12)13)19-18-15(25-11-26-18)7-9-30(19)22(32)21-28-27-20(33-21)17-14(23)6-3-8-24-17/h2-6,8,10-11,19H,7,9H2,1H3,(H,25,26)/t19-/m1/s1. The molecule has 0 aromatic carbocycles. The Kier molecular flexibility index (Phi) is 4.28. The SMILES string of the molecule is Cc1cccc2cc([C@@H]3c4nc[nH]c4CCN3C(=O)c3nnc(-c4ncccc4F)o3)nn12. The highest BCUT2D eigenvalue weighted by molar-refractivity contribution is 5.90. The lowest BCUT2D eigenvalue weighted by Crippen LogP contribution is -2.41. The molecule has 10 nitrogen and oxygen atoms in total. The average Bonchev–Trinajstić information content (AvgIpc) is 3.57. The third kappa shape index (κ3) is 3.08. The summed E-state index contributed by atoms with van der Waals surface area (Å²) in [5, 5.41) is 12.5. The van der Waals surface area contributed by atoms with Gasteiger partial charge in [-0.15, -0.1) is 10.2 Å². The van der Waals surface area contributed by atoms with Crippen LogP contribution in [0.4, 0.5) is 4.39 Å². The van der Waals surface area contributed by atoms with Gasteiger partial charge in [0.2, 0.25) is 0 Å². The highest BCUT2D eigenvalue weighted by Crippen LogP contribution is 2.34. The van der Waals surface area contributed by atoms with Gasteiger partial charge in [0.15, 0.2) is 11.5 Å². The second-order valence-electron chi connectivity index (χ2n) is 7.74. The van der Waals surface area contributed by atoms with E-state index in [9.17, 15) is 9.18 Å². The first-order valence-electron chi connectivity index (χ1n) is 10.3. The normalized spacial score (nSPS) is 15.7. The molecule has 6 heterocycles. The molecular formula is C22H17FN8O2. The quantitative estimate of drug-likeness (QED) is 0.455. The molecule has 11 heteroatoms. The van der Waals surface area contributed by atoms with E-state index in [0.29, 0.717) is 24.4 Å². The number of nitrogens with zero attached hydrogens (tertiary/aromatic N) is 7. The molecule has 1 aliphatic heterocycles. The van der Waals surface area contributed by atoms with Crippen LogP contribution >= 0.6 is 0 Å². The molecule has 5 aromatic rings. The Morgan fingerprint density at radius 2 is 2.12 bits per heavy atom. The minimum atomic E-state index is -0.614. The van der Waals surface area contributed by atoms with Crippen molar-refractivity contribution in [1.29, 1.82) is 0 Å². The molecule has 0 saturated carbocycles. The fraction of sp³-hybridized carbons (Fsp3) is 0.182. The van der Waals surface area contributed by atoms with Gasteiger partial charge in [-0.2, -0.15) is 5.10 Å². The number of aromatic amines is 1. The Balaban J connectivity index is 1.41. The van der Waals surface area contributed by atoms with Gasteiger partial charge < -0.3 is 14.3 Å². The molecule has 0 bridgehead atoms. The summed E-state index contributed by atoms with van der Waals surface area (Å²) in [6.07, 6.45) is 3.61. The van der Waals surface area contributed by atoms with Gasteiger partial charge in [0.1, 0.15) is 6.04 Å². The van der Waals surface area contributed by atoms with Crippen molar-refractivity contribution in [2.75, 3.05) is 6.54 Å². The number of nitrogens with one attached hydrogen (secondary N) is 1. The van der Waals surface area contributed by atoms with E-state index in [1.165, 1.54) is 18.3 Å².